The number of benzene rings is 1. The van der Waals surface area contributed by atoms with Crippen LogP contribution in [0.1, 0.15) is 35.2 Å². The summed E-state index contributed by atoms with van der Waals surface area (Å²) in [4.78, 5) is 28.9. The molecule has 0 bridgehead atoms. The molecule has 0 aliphatic carbocycles. The fourth-order valence-electron chi connectivity index (χ4n) is 4.16. The molecule has 1 N–H and O–H groups in total. The number of nitrogens with zero attached hydrogens (tertiary/aromatic N) is 3. The molecule has 2 amide bonds. The number of carbonyl (C=O) groups is 2. The summed E-state index contributed by atoms with van der Waals surface area (Å²) < 4.78 is 5.49. The van der Waals surface area contributed by atoms with E-state index in [2.05, 4.69) is 16.3 Å². The first kappa shape index (κ1) is 18.5. The summed E-state index contributed by atoms with van der Waals surface area (Å²) in [5.74, 6) is -0.140. The van der Waals surface area contributed by atoms with Gasteiger partial charge in [0.05, 0.1) is 18.2 Å². The van der Waals surface area contributed by atoms with Gasteiger partial charge in [-0.1, -0.05) is 11.6 Å². The highest BCUT2D eigenvalue weighted by Gasteiger charge is 2.32. The number of carbonyl (C=O) groups excluding carboxylic acids is 2. The quantitative estimate of drug-likeness (QED) is 0.877. The number of nitriles is 1. The lowest BCUT2D eigenvalue weighted by Gasteiger charge is -2.23. The second-order valence-electron chi connectivity index (χ2n) is 7.72. The van der Waals surface area contributed by atoms with E-state index >= 15 is 0 Å². The normalized spacial score (nSPS) is 22.5. The zero-order chi connectivity index (χ0) is 19.7. The maximum Gasteiger partial charge on any atom is 0.255 e. The van der Waals surface area contributed by atoms with Crippen molar-refractivity contribution in [2.75, 3.05) is 26.2 Å². The molecule has 3 heterocycles. The Labute approximate surface area is 163 Å². The van der Waals surface area contributed by atoms with Gasteiger partial charge in [0.2, 0.25) is 5.91 Å². The summed E-state index contributed by atoms with van der Waals surface area (Å²) >= 11 is 0. The Balaban J connectivity index is 1.34. The number of rotatable bonds is 4. The van der Waals surface area contributed by atoms with Gasteiger partial charge in [-0.3, -0.25) is 14.5 Å². The van der Waals surface area contributed by atoms with E-state index in [0.717, 1.165) is 36.8 Å². The summed E-state index contributed by atoms with van der Waals surface area (Å²) in [6.07, 6.45) is 3.96. The van der Waals surface area contributed by atoms with E-state index in [1.807, 2.05) is 25.1 Å². The predicted octanol–water partition coefficient (Wildman–Crippen LogP) is 2.06. The largest absolute Gasteiger partial charge is 0.463 e. The van der Waals surface area contributed by atoms with Crippen molar-refractivity contribution in [1.29, 1.82) is 5.26 Å². The van der Waals surface area contributed by atoms with Crippen LogP contribution in [-0.2, 0) is 4.79 Å². The predicted molar refractivity (Wildman–Crippen MR) is 104 cm³/mol. The molecule has 2 aliphatic rings. The van der Waals surface area contributed by atoms with Crippen LogP contribution >= 0.6 is 0 Å². The lowest BCUT2D eigenvalue weighted by Crippen LogP contribution is -2.43. The van der Waals surface area contributed by atoms with Crippen LogP contribution in [0.25, 0.3) is 11.0 Å². The molecule has 0 radical (unpaired) electrons. The molecule has 146 valence electrons. The first-order valence-corrected chi connectivity index (χ1v) is 9.75. The smallest absolute Gasteiger partial charge is 0.255 e. The number of nitrogens with one attached hydrogen (secondary N) is 1. The van der Waals surface area contributed by atoms with Crippen molar-refractivity contribution >= 4 is 22.8 Å². The number of hydrogen-bond acceptors (Lipinski definition) is 5. The Morgan fingerprint density at radius 3 is 3.00 bits per heavy atom. The molecule has 1 aromatic carbocycles. The van der Waals surface area contributed by atoms with Crippen LogP contribution in [0.2, 0.25) is 0 Å². The van der Waals surface area contributed by atoms with Crippen LogP contribution in [-0.4, -0.2) is 59.9 Å². The van der Waals surface area contributed by atoms with E-state index in [0.29, 0.717) is 30.8 Å². The zero-order valence-corrected chi connectivity index (χ0v) is 16.0. The lowest BCUT2D eigenvalue weighted by atomic mass is 10.1. The molecule has 7 heteroatoms. The van der Waals surface area contributed by atoms with Gasteiger partial charge in [-0.15, -0.1) is 0 Å². The van der Waals surface area contributed by atoms with Gasteiger partial charge in [-0.05, 0) is 38.3 Å². The first-order chi connectivity index (χ1) is 13.5. The van der Waals surface area contributed by atoms with E-state index in [-0.39, 0.29) is 23.9 Å². The molecular weight excluding hydrogens is 356 g/mol. The number of hydrogen-bond donors (Lipinski definition) is 1. The molecule has 4 rings (SSSR count). The number of amides is 2. The van der Waals surface area contributed by atoms with Crippen LogP contribution in [0.5, 0.6) is 0 Å². The highest BCUT2D eigenvalue weighted by molar-refractivity contribution is 6.06. The fourth-order valence-corrected chi connectivity index (χ4v) is 4.16. The Bertz CT molecular complexity index is 945. The maximum absolute atomic E-state index is 12.7. The summed E-state index contributed by atoms with van der Waals surface area (Å²) in [5.41, 5.74) is 2.32. The van der Waals surface area contributed by atoms with E-state index in [1.165, 1.54) is 6.26 Å². The number of fused-ring (bicyclic) bond motifs is 1. The molecule has 2 fully saturated rings. The number of furan rings is 1. The van der Waals surface area contributed by atoms with Gasteiger partial charge in [0.25, 0.3) is 5.91 Å². The minimum atomic E-state index is -0.288. The maximum atomic E-state index is 12.7. The molecule has 1 unspecified atom stereocenters. The third-order valence-electron chi connectivity index (χ3n) is 5.66. The zero-order valence-electron chi connectivity index (χ0n) is 16.0. The van der Waals surface area contributed by atoms with Gasteiger partial charge >= 0.3 is 0 Å². The van der Waals surface area contributed by atoms with E-state index in [4.69, 9.17) is 9.68 Å². The van der Waals surface area contributed by atoms with Gasteiger partial charge in [0.1, 0.15) is 17.9 Å². The molecule has 2 aliphatic heterocycles. The van der Waals surface area contributed by atoms with E-state index in [1.54, 1.807) is 4.90 Å². The van der Waals surface area contributed by atoms with Crippen molar-refractivity contribution in [2.45, 2.75) is 38.3 Å². The molecule has 2 aromatic rings. The Hall–Kier alpha value is -2.85. The lowest BCUT2D eigenvalue weighted by molar-refractivity contribution is -0.132. The van der Waals surface area contributed by atoms with Gasteiger partial charge < -0.3 is 14.6 Å². The Morgan fingerprint density at radius 2 is 2.18 bits per heavy atom. The minimum Gasteiger partial charge on any atom is -0.463 e. The van der Waals surface area contributed by atoms with Crippen molar-refractivity contribution in [3.63, 3.8) is 0 Å². The Morgan fingerprint density at radius 1 is 1.32 bits per heavy atom. The molecular formula is C21H24N4O3. The molecule has 0 saturated carbocycles. The van der Waals surface area contributed by atoms with Gasteiger partial charge in [0.15, 0.2) is 0 Å². The molecule has 0 spiro atoms. The summed E-state index contributed by atoms with van der Waals surface area (Å²) in [6.45, 7) is 4.35. The highest BCUT2D eigenvalue weighted by Crippen LogP contribution is 2.23. The summed E-state index contributed by atoms with van der Waals surface area (Å²) in [6, 6.07) is 7.70. The topological polar surface area (TPSA) is 89.6 Å². The standard InChI is InChI=1S/C21H24N4O3/c1-14-4-5-19-17(9-14)18(13-28-19)21(27)23-15-6-8-24(11-15)12-20(26)25-7-2-3-16(25)10-22/h4-5,9,13,15-16H,2-3,6-8,11-12H2,1H3,(H,23,27)/t15-,16?/m0/s1. The molecule has 2 atom stereocenters. The van der Waals surface area contributed by atoms with Gasteiger partial charge in [-0.2, -0.15) is 5.26 Å². The number of aryl methyl sites for hydroxylation is 1. The summed E-state index contributed by atoms with van der Waals surface area (Å²) in [7, 11) is 0. The molecule has 2 saturated heterocycles. The average molecular weight is 380 g/mol. The van der Waals surface area contributed by atoms with Crippen molar-refractivity contribution < 1.29 is 14.0 Å². The molecule has 7 nitrogen and oxygen atoms in total. The third-order valence-corrected chi connectivity index (χ3v) is 5.66. The third kappa shape index (κ3) is 3.60. The molecule has 28 heavy (non-hydrogen) atoms. The SMILES string of the molecule is Cc1ccc2occ(C(=O)N[C@H]3CCN(CC(=O)N4CCCC4C#N)C3)c2c1. The summed E-state index contributed by atoms with van der Waals surface area (Å²) in [5, 5.41) is 13.0. The van der Waals surface area contributed by atoms with Crippen molar-refractivity contribution in [2.24, 2.45) is 0 Å². The van der Waals surface area contributed by atoms with Gasteiger partial charge in [-0.25, -0.2) is 0 Å². The Kier molecular flexibility index (Phi) is 5.05. The average Bonchev–Trinajstić information content (AvgIpc) is 3.40. The monoisotopic (exact) mass is 380 g/mol. The molecule has 1 aromatic heterocycles. The fraction of sp³-hybridized carbons (Fsp3) is 0.476. The first-order valence-electron chi connectivity index (χ1n) is 9.75. The van der Waals surface area contributed by atoms with E-state index in [9.17, 15) is 9.59 Å². The minimum absolute atomic E-state index is 0.000371. The second-order valence-corrected chi connectivity index (χ2v) is 7.72. The number of likely N-dealkylation sites (tertiary alicyclic amines) is 2. The highest BCUT2D eigenvalue weighted by atomic mass is 16.3. The van der Waals surface area contributed by atoms with Crippen LogP contribution in [0.15, 0.2) is 28.9 Å². The van der Waals surface area contributed by atoms with Crippen LogP contribution < -0.4 is 5.32 Å². The van der Waals surface area contributed by atoms with Crippen LogP contribution in [0.3, 0.4) is 0 Å². The van der Waals surface area contributed by atoms with Crippen LogP contribution in [0.4, 0.5) is 0 Å². The van der Waals surface area contributed by atoms with Crippen LogP contribution in [0, 0.1) is 18.3 Å². The van der Waals surface area contributed by atoms with Crippen molar-refractivity contribution in [3.05, 3.63) is 35.6 Å². The second kappa shape index (κ2) is 7.64. The van der Waals surface area contributed by atoms with Crippen molar-refractivity contribution in [3.8, 4) is 6.07 Å². The van der Waals surface area contributed by atoms with E-state index < -0.39 is 0 Å². The van der Waals surface area contributed by atoms with Gasteiger partial charge in [0, 0.05) is 31.1 Å². The van der Waals surface area contributed by atoms with Crippen molar-refractivity contribution in [1.82, 2.24) is 15.1 Å².